The number of aromatic nitrogens is 2. The summed E-state index contributed by atoms with van der Waals surface area (Å²) in [4.78, 5) is 27.0. The third-order valence-corrected chi connectivity index (χ3v) is 5.07. The van der Waals surface area contributed by atoms with Crippen LogP contribution in [0.4, 0.5) is 5.69 Å². The first-order valence-corrected chi connectivity index (χ1v) is 9.16. The number of rotatable bonds is 3. The van der Waals surface area contributed by atoms with E-state index in [-0.39, 0.29) is 18.0 Å². The van der Waals surface area contributed by atoms with Crippen molar-refractivity contribution in [3.05, 3.63) is 82.6 Å². The molecule has 1 amide bonds. The normalized spacial score (nSPS) is 16.0. The number of amides is 1. The van der Waals surface area contributed by atoms with E-state index in [0.29, 0.717) is 18.2 Å². The predicted molar refractivity (Wildman–Crippen MR) is 106 cm³/mol. The molecule has 1 aromatic heterocycles. The van der Waals surface area contributed by atoms with Crippen LogP contribution in [0.2, 0.25) is 0 Å². The van der Waals surface area contributed by atoms with E-state index in [4.69, 9.17) is 0 Å². The van der Waals surface area contributed by atoms with Crippen LogP contribution in [0.15, 0.2) is 71.5 Å². The summed E-state index contributed by atoms with van der Waals surface area (Å²) in [5.74, 6) is 0.307. The second-order valence-electron chi connectivity index (χ2n) is 6.87. The summed E-state index contributed by atoms with van der Waals surface area (Å²) in [7, 11) is 0. The number of hydrogen-bond acceptors (Lipinski definition) is 3. The lowest BCUT2D eigenvalue weighted by atomic mass is 9.91. The molecular weight excluding hydrogens is 338 g/mol. The maximum Gasteiger partial charge on any atom is 0.267 e. The van der Waals surface area contributed by atoms with Crippen LogP contribution in [-0.2, 0) is 11.3 Å². The molecule has 2 heterocycles. The highest BCUT2D eigenvalue weighted by molar-refractivity contribution is 5.94. The Balaban J connectivity index is 1.62. The van der Waals surface area contributed by atoms with Gasteiger partial charge in [0.1, 0.15) is 6.54 Å². The predicted octanol–water partition coefficient (Wildman–Crippen LogP) is 3.45. The largest absolute Gasteiger partial charge is 0.311 e. The fourth-order valence-corrected chi connectivity index (χ4v) is 3.55. The van der Waals surface area contributed by atoms with Crippen LogP contribution < -0.4 is 10.5 Å². The van der Waals surface area contributed by atoms with Gasteiger partial charge in [-0.25, -0.2) is 4.68 Å². The van der Waals surface area contributed by atoms with E-state index in [1.165, 1.54) is 16.3 Å². The van der Waals surface area contributed by atoms with E-state index in [2.05, 4.69) is 18.1 Å². The van der Waals surface area contributed by atoms with Crippen LogP contribution in [0.3, 0.4) is 0 Å². The van der Waals surface area contributed by atoms with E-state index < -0.39 is 0 Å². The molecule has 0 spiro atoms. The first kappa shape index (κ1) is 17.2. The van der Waals surface area contributed by atoms with Crippen LogP contribution >= 0.6 is 0 Å². The van der Waals surface area contributed by atoms with Crippen LogP contribution in [0.25, 0.3) is 11.3 Å². The van der Waals surface area contributed by atoms with Crippen molar-refractivity contribution in [2.24, 2.45) is 0 Å². The lowest BCUT2D eigenvalue weighted by molar-refractivity contribution is -0.119. The second-order valence-corrected chi connectivity index (χ2v) is 6.87. The molecule has 5 heteroatoms. The molecule has 1 aliphatic rings. The van der Waals surface area contributed by atoms with Gasteiger partial charge in [0.25, 0.3) is 5.56 Å². The molecule has 27 heavy (non-hydrogen) atoms. The zero-order valence-corrected chi connectivity index (χ0v) is 15.2. The molecule has 1 atom stereocenters. The van der Waals surface area contributed by atoms with Gasteiger partial charge in [0.2, 0.25) is 5.91 Å². The van der Waals surface area contributed by atoms with E-state index in [0.717, 1.165) is 17.7 Å². The number of benzene rings is 2. The maximum atomic E-state index is 13.0. The number of para-hydroxylation sites is 1. The first-order valence-electron chi connectivity index (χ1n) is 9.16. The summed E-state index contributed by atoms with van der Waals surface area (Å²) in [6, 6.07) is 20.8. The standard InChI is InChI=1S/C22H21N3O2/c1-16-13-14-24(20-10-6-5-9-18(16)20)22(27)15-25-21(26)12-11-19(23-25)17-7-3-2-4-8-17/h2-12,16H,13-15H2,1H3. The monoisotopic (exact) mass is 359 g/mol. The Hall–Kier alpha value is -3.21. The van der Waals surface area contributed by atoms with Crippen molar-refractivity contribution in [2.45, 2.75) is 25.8 Å². The van der Waals surface area contributed by atoms with Crippen molar-refractivity contribution in [3.63, 3.8) is 0 Å². The zero-order chi connectivity index (χ0) is 18.8. The molecule has 0 radical (unpaired) electrons. The van der Waals surface area contributed by atoms with Gasteiger partial charge in [0, 0.05) is 23.9 Å². The second kappa shape index (κ2) is 7.19. The maximum absolute atomic E-state index is 13.0. The van der Waals surface area contributed by atoms with Crippen molar-refractivity contribution in [1.29, 1.82) is 0 Å². The Morgan fingerprint density at radius 3 is 2.59 bits per heavy atom. The number of carbonyl (C=O) groups excluding carboxylic acids is 1. The molecule has 4 rings (SSSR count). The molecule has 0 N–H and O–H groups in total. The first-order chi connectivity index (χ1) is 13.1. The van der Waals surface area contributed by atoms with Crippen molar-refractivity contribution < 1.29 is 4.79 Å². The molecule has 2 aromatic carbocycles. The lowest BCUT2D eigenvalue weighted by Crippen LogP contribution is -2.40. The minimum Gasteiger partial charge on any atom is -0.311 e. The smallest absolute Gasteiger partial charge is 0.267 e. The molecule has 1 unspecified atom stereocenters. The van der Waals surface area contributed by atoms with Gasteiger partial charge in [-0.05, 0) is 30.0 Å². The Morgan fingerprint density at radius 2 is 1.78 bits per heavy atom. The molecule has 0 saturated carbocycles. The Bertz CT molecular complexity index is 1030. The van der Waals surface area contributed by atoms with Crippen molar-refractivity contribution in [3.8, 4) is 11.3 Å². The molecule has 136 valence electrons. The summed E-state index contributed by atoms with van der Waals surface area (Å²) in [5, 5.41) is 4.40. The number of nitrogens with zero attached hydrogens (tertiary/aromatic N) is 3. The van der Waals surface area contributed by atoms with E-state index >= 15 is 0 Å². The molecule has 0 aliphatic carbocycles. The highest BCUT2D eigenvalue weighted by atomic mass is 16.2. The van der Waals surface area contributed by atoms with Crippen molar-refractivity contribution in [2.75, 3.05) is 11.4 Å². The summed E-state index contributed by atoms with van der Waals surface area (Å²) >= 11 is 0. The minimum atomic E-state index is -0.276. The molecule has 0 bridgehead atoms. The topological polar surface area (TPSA) is 55.2 Å². The Morgan fingerprint density at radius 1 is 1.04 bits per heavy atom. The van der Waals surface area contributed by atoms with Crippen LogP contribution in [0, 0.1) is 0 Å². The Kier molecular flexibility index (Phi) is 4.59. The SMILES string of the molecule is CC1CCN(C(=O)Cn2nc(-c3ccccc3)ccc2=O)c2ccccc21. The average molecular weight is 359 g/mol. The summed E-state index contributed by atoms with van der Waals surface area (Å²) in [6.07, 6.45) is 0.912. The fourth-order valence-electron chi connectivity index (χ4n) is 3.55. The summed E-state index contributed by atoms with van der Waals surface area (Å²) in [5.41, 5.74) is 3.43. The highest BCUT2D eigenvalue weighted by Gasteiger charge is 2.26. The fraction of sp³-hybridized carbons (Fsp3) is 0.227. The number of anilines is 1. The van der Waals surface area contributed by atoms with Crippen molar-refractivity contribution >= 4 is 11.6 Å². The van der Waals surface area contributed by atoms with E-state index in [1.54, 1.807) is 11.0 Å². The van der Waals surface area contributed by atoms with Crippen LogP contribution in [-0.4, -0.2) is 22.2 Å². The van der Waals surface area contributed by atoms with Gasteiger partial charge in [-0.3, -0.25) is 9.59 Å². The molecule has 5 nitrogen and oxygen atoms in total. The molecule has 3 aromatic rings. The van der Waals surface area contributed by atoms with Gasteiger partial charge in [-0.2, -0.15) is 5.10 Å². The average Bonchev–Trinajstić information content (AvgIpc) is 2.71. The molecular formula is C22H21N3O2. The van der Waals surface area contributed by atoms with Crippen molar-refractivity contribution in [1.82, 2.24) is 9.78 Å². The third kappa shape index (κ3) is 3.40. The Labute approximate surface area is 157 Å². The van der Waals surface area contributed by atoms with Gasteiger partial charge in [0.05, 0.1) is 5.69 Å². The molecule has 0 fully saturated rings. The minimum absolute atomic E-state index is 0.0672. The van der Waals surface area contributed by atoms with Gasteiger partial charge in [0.15, 0.2) is 0 Å². The summed E-state index contributed by atoms with van der Waals surface area (Å²) in [6.45, 7) is 2.77. The van der Waals surface area contributed by atoms with E-state index in [1.807, 2.05) is 48.5 Å². The zero-order valence-electron chi connectivity index (χ0n) is 15.2. The summed E-state index contributed by atoms with van der Waals surface area (Å²) < 4.78 is 1.26. The van der Waals surface area contributed by atoms with Crippen LogP contribution in [0.1, 0.15) is 24.8 Å². The molecule has 0 saturated heterocycles. The highest BCUT2D eigenvalue weighted by Crippen LogP contribution is 2.34. The molecule has 1 aliphatic heterocycles. The quantitative estimate of drug-likeness (QED) is 0.720. The van der Waals surface area contributed by atoms with Gasteiger partial charge in [-0.1, -0.05) is 55.5 Å². The third-order valence-electron chi connectivity index (χ3n) is 5.07. The van der Waals surface area contributed by atoms with Gasteiger partial charge >= 0.3 is 0 Å². The number of carbonyl (C=O) groups is 1. The van der Waals surface area contributed by atoms with Gasteiger partial charge in [-0.15, -0.1) is 0 Å². The van der Waals surface area contributed by atoms with E-state index in [9.17, 15) is 9.59 Å². The lowest BCUT2D eigenvalue weighted by Gasteiger charge is -2.33. The number of hydrogen-bond donors (Lipinski definition) is 0. The van der Waals surface area contributed by atoms with Gasteiger partial charge < -0.3 is 4.90 Å². The number of fused-ring (bicyclic) bond motifs is 1. The van der Waals surface area contributed by atoms with Crippen LogP contribution in [0.5, 0.6) is 0 Å².